The average molecular weight is 1230 g/mol. The second kappa shape index (κ2) is 34.6. The maximum absolute atomic E-state index is 14.8. The van der Waals surface area contributed by atoms with Gasteiger partial charge >= 0.3 is 12.2 Å². The Balaban J connectivity index is 1.46. The fourth-order valence-electron chi connectivity index (χ4n) is 10.9. The molecule has 1 aliphatic heterocycles. The number of nitrogens with zero attached hydrogens (tertiary/aromatic N) is 3. The lowest BCUT2D eigenvalue weighted by atomic mass is 9.89. The number of amides is 8. The Labute approximate surface area is 499 Å². The van der Waals surface area contributed by atoms with Crippen LogP contribution in [-0.2, 0) is 54.3 Å². The smallest absolute Gasteiger partial charge is 0.416 e. The highest BCUT2D eigenvalue weighted by atomic mass is 79.9. The zero-order chi connectivity index (χ0) is 61.5. The summed E-state index contributed by atoms with van der Waals surface area (Å²) in [4.78, 5) is 114. The average Bonchev–Trinajstić information content (AvgIpc) is 4.15. The number of likely N-dealkylation sites (N-methyl/N-ethyl adjacent to an activating group) is 2. The van der Waals surface area contributed by atoms with Gasteiger partial charge < -0.3 is 55.1 Å². The van der Waals surface area contributed by atoms with Gasteiger partial charge in [-0.15, -0.1) is 0 Å². The van der Waals surface area contributed by atoms with Crippen molar-refractivity contribution in [3.63, 3.8) is 0 Å². The second-order valence-corrected chi connectivity index (χ2v) is 23.2. The summed E-state index contributed by atoms with van der Waals surface area (Å²) in [5, 5.41) is 25.0. The number of rotatable bonds is 29. The normalized spacial score (nSPS) is 18.4. The number of alkyl halides is 1. The fourth-order valence-corrected chi connectivity index (χ4v) is 11.1. The van der Waals surface area contributed by atoms with E-state index in [1.165, 1.54) is 32.2 Å². The summed E-state index contributed by atoms with van der Waals surface area (Å²) in [6, 6.07) is 9.98. The lowest BCUT2D eigenvalue weighted by Crippen LogP contribution is -2.60. The lowest BCUT2D eigenvalue weighted by molar-refractivity contribution is -0.148. The van der Waals surface area contributed by atoms with Gasteiger partial charge in [-0.05, 0) is 86.1 Å². The Morgan fingerprint density at radius 3 is 2.13 bits per heavy atom. The molecule has 1 fully saturated rings. The highest BCUT2D eigenvalue weighted by Gasteiger charge is 2.44. The zero-order valence-electron chi connectivity index (χ0n) is 50.8. The van der Waals surface area contributed by atoms with Gasteiger partial charge in [-0.25, -0.2) is 9.59 Å². The third-order valence-electron chi connectivity index (χ3n) is 15.8. The van der Waals surface area contributed by atoms with Gasteiger partial charge in [0.1, 0.15) is 24.4 Å². The Bertz CT molecular complexity index is 2500. The second-order valence-electron chi connectivity index (χ2n) is 22.6. The number of likely N-dealkylation sites (tertiary alicyclic amines) is 1. The number of carbonyl (C=O) groups is 8. The molecule has 10 atom stereocenters. The molecule has 0 unspecified atom stereocenters. The first-order chi connectivity index (χ1) is 39.5. The number of allylic oxidation sites excluding steroid dienone is 2. The van der Waals surface area contributed by atoms with Crippen LogP contribution in [0.15, 0.2) is 60.4 Å². The summed E-state index contributed by atoms with van der Waals surface area (Å²) in [6.07, 6.45) is 5.21. The molecule has 1 heterocycles. The minimum absolute atomic E-state index is 0.0627. The number of carbonyl (C=O) groups excluding carboxylic acids is 8. The van der Waals surface area contributed by atoms with Gasteiger partial charge in [0.25, 0.3) is 0 Å². The van der Waals surface area contributed by atoms with Gasteiger partial charge in [-0.2, -0.15) is 0 Å². The number of halogens is 1. The van der Waals surface area contributed by atoms with Crippen molar-refractivity contribution < 1.29 is 62.4 Å². The van der Waals surface area contributed by atoms with Crippen LogP contribution in [0.4, 0.5) is 21.0 Å². The van der Waals surface area contributed by atoms with E-state index in [-0.39, 0.29) is 66.3 Å². The monoisotopic (exact) mass is 1220 g/mol. The maximum Gasteiger partial charge on any atom is 0.416 e. The number of hydrogen-bond acceptors (Lipinski definition) is 13. The highest BCUT2D eigenvalue weighted by Crippen LogP contribution is 2.31. The quantitative estimate of drug-likeness (QED) is 0.0420. The first-order valence-corrected chi connectivity index (χ1v) is 30.4. The number of nitrogens with one attached hydrogen (secondary N) is 5. The van der Waals surface area contributed by atoms with Crippen LogP contribution in [0.3, 0.4) is 0 Å². The van der Waals surface area contributed by atoms with Gasteiger partial charge in [0.2, 0.25) is 35.4 Å². The summed E-state index contributed by atoms with van der Waals surface area (Å²) in [7, 11) is 6.10. The molecule has 0 aromatic heterocycles. The van der Waals surface area contributed by atoms with Crippen molar-refractivity contribution in [2.45, 2.75) is 181 Å². The van der Waals surface area contributed by atoms with E-state index in [1.54, 1.807) is 82.7 Å². The Kier molecular flexibility index (Phi) is 28.9. The SMILES string of the molecule is CC[C@H](C)[C@@H]([C@@H](CC(=O)N1CCC[C@H]1[C@H](OC)[C@@H](C)C(=O)N[C@H](C)[C@@H](O)c1ccccc1)OC)N(C)C(=O)[C@@H](NC(=O)[C@H](C(C)C)N(C)C(=O)OCc1ccc(NC(=O)O/C2=C/CCCCCC2)c(NC(=O)CCNC(=O)CBr)c1)C(C)C. The molecule has 0 bridgehead atoms. The molecule has 0 radical (unpaired) electrons. The molecule has 1 saturated heterocycles. The molecule has 1 aliphatic carbocycles. The first kappa shape index (κ1) is 69.4. The Morgan fingerprint density at radius 2 is 1.49 bits per heavy atom. The summed E-state index contributed by atoms with van der Waals surface area (Å²) in [5.74, 6) is -3.44. The topological polar surface area (TPSA) is 264 Å². The standard InChI is InChI=1S/C61H93BrN8O13/c1-13-39(6)54(48(80-11)34-51(73)70-32-22-27-47(70)56(81-12)40(7)57(75)64-41(8)55(74)43-23-18-17-19-24-43)68(9)59(77)52(37(2)3)67-58(76)53(38(4)5)69(10)61(79)82-36-42-28-29-45(46(33-42)65-49(71)30-31-63-50(72)35-62)66-60(78)83-44-25-20-15-14-16-21-26-44/h17-19,23-25,28-29,33,37-41,47-48,52-56,74H,13-16,20-22,26-27,30-32,34-36H2,1-12H3,(H,63,72)(H,64,75)(H,65,71)(H,66,78)(H,67,76)/b44-25+/t39-,40+,41+,47-,48+,52-,53-,54-,55+,56+/m0/s1. The Morgan fingerprint density at radius 1 is 0.795 bits per heavy atom. The molecule has 0 saturated carbocycles. The van der Waals surface area contributed by atoms with E-state index in [0.717, 1.165) is 32.1 Å². The summed E-state index contributed by atoms with van der Waals surface area (Å²) < 4.78 is 23.4. The molecule has 2 aromatic rings. The Hall–Kier alpha value is -6.10. The highest BCUT2D eigenvalue weighted by molar-refractivity contribution is 9.09. The van der Waals surface area contributed by atoms with E-state index in [4.69, 9.17) is 18.9 Å². The van der Waals surface area contributed by atoms with Gasteiger partial charge in [0.15, 0.2) is 0 Å². The number of anilines is 2. The largest absolute Gasteiger partial charge is 0.445 e. The molecule has 21 nitrogen and oxygen atoms in total. The number of hydrogen-bond donors (Lipinski definition) is 6. The van der Waals surface area contributed by atoms with Crippen molar-refractivity contribution >= 4 is 74.9 Å². The van der Waals surface area contributed by atoms with Crippen LogP contribution in [0, 0.1) is 23.7 Å². The van der Waals surface area contributed by atoms with Crippen molar-refractivity contribution in [2.24, 2.45) is 23.7 Å². The van der Waals surface area contributed by atoms with Crippen LogP contribution in [0.25, 0.3) is 0 Å². The molecule has 462 valence electrons. The molecule has 0 spiro atoms. The van der Waals surface area contributed by atoms with Gasteiger partial charge in [0, 0.05) is 54.2 Å². The zero-order valence-corrected chi connectivity index (χ0v) is 52.4. The van der Waals surface area contributed by atoms with E-state index >= 15 is 0 Å². The van der Waals surface area contributed by atoms with Crippen LogP contribution >= 0.6 is 15.9 Å². The van der Waals surface area contributed by atoms with Crippen LogP contribution in [0.1, 0.15) is 143 Å². The first-order valence-electron chi connectivity index (χ1n) is 29.3. The maximum atomic E-state index is 14.8. The van der Waals surface area contributed by atoms with Crippen molar-refractivity contribution in [3.8, 4) is 0 Å². The van der Waals surface area contributed by atoms with E-state index < -0.39 is 96.2 Å². The third-order valence-corrected chi connectivity index (χ3v) is 16.3. The minimum Gasteiger partial charge on any atom is -0.445 e. The van der Waals surface area contributed by atoms with Gasteiger partial charge in [0.05, 0.1) is 65.5 Å². The molecule has 4 rings (SSSR count). The van der Waals surface area contributed by atoms with Crippen LogP contribution in [-0.4, -0.2) is 157 Å². The minimum atomic E-state index is -1.09. The predicted molar refractivity (Wildman–Crippen MR) is 321 cm³/mol. The van der Waals surface area contributed by atoms with Crippen LogP contribution in [0.2, 0.25) is 0 Å². The van der Waals surface area contributed by atoms with E-state index in [1.807, 2.05) is 38.1 Å². The number of methoxy groups -OCH3 is 2. The van der Waals surface area contributed by atoms with Crippen molar-refractivity contribution in [2.75, 3.05) is 57.4 Å². The molecule has 6 N–H and O–H groups in total. The van der Waals surface area contributed by atoms with Gasteiger partial charge in [-0.1, -0.05) is 120 Å². The fraction of sp³-hybridized carbons (Fsp3) is 0.639. The number of ether oxygens (including phenoxy) is 4. The van der Waals surface area contributed by atoms with Crippen molar-refractivity contribution in [1.82, 2.24) is 30.7 Å². The molecule has 22 heteroatoms. The van der Waals surface area contributed by atoms with Crippen molar-refractivity contribution in [1.29, 1.82) is 0 Å². The molecule has 2 aliphatic rings. The molecular formula is C61H93BrN8O13. The molecule has 2 aromatic carbocycles. The molecule has 8 amide bonds. The molecule has 83 heavy (non-hydrogen) atoms. The summed E-state index contributed by atoms with van der Waals surface area (Å²) >= 11 is 3.08. The molecular weight excluding hydrogens is 1130 g/mol. The van der Waals surface area contributed by atoms with E-state index in [9.17, 15) is 43.5 Å². The van der Waals surface area contributed by atoms with E-state index in [0.29, 0.717) is 49.1 Å². The number of aliphatic hydroxyl groups is 1. The van der Waals surface area contributed by atoms with Gasteiger partial charge in [-0.3, -0.25) is 39.0 Å². The number of aliphatic hydroxyl groups excluding tert-OH is 1. The predicted octanol–water partition coefficient (Wildman–Crippen LogP) is 8.21. The van der Waals surface area contributed by atoms with Crippen LogP contribution in [0.5, 0.6) is 0 Å². The van der Waals surface area contributed by atoms with Crippen LogP contribution < -0.4 is 26.6 Å². The summed E-state index contributed by atoms with van der Waals surface area (Å²) in [5.41, 5.74) is 1.52. The third kappa shape index (κ3) is 20.6. The number of benzene rings is 2. The van der Waals surface area contributed by atoms with E-state index in [2.05, 4.69) is 42.5 Å². The van der Waals surface area contributed by atoms with Crippen molar-refractivity contribution in [3.05, 3.63) is 71.5 Å². The summed E-state index contributed by atoms with van der Waals surface area (Å²) in [6.45, 7) is 14.8. The lowest BCUT2D eigenvalue weighted by Gasteiger charge is -2.41.